The second kappa shape index (κ2) is 7.32. The second-order valence-electron chi connectivity index (χ2n) is 8.20. The fourth-order valence-electron chi connectivity index (χ4n) is 4.39. The van der Waals surface area contributed by atoms with E-state index in [0.29, 0.717) is 18.5 Å². The summed E-state index contributed by atoms with van der Waals surface area (Å²) >= 11 is 0. The van der Waals surface area contributed by atoms with Crippen LogP contribution in [0.15, 0.2) is 53.7 Å². The van der Waals surface area contributed by atoms with Crippen molar-refractivity contribution >= 4 is 38.2 Å². The normalized spacial score (nSPS) is 17.7. The molecule has 1 amide bonds. The van der Waals surface area contributed by atoms with E-state index in [4.69, 9.17) is 0 Å². The highest BCUT2D eigenvalue weighted by atomic mass is 32.2. The Morgan fingerprint density at radius 2 is 1.90 bits per heavy atom. The number of aromatic nitrogens is 2. The van der Waals surface area contributed by atoms with Gasteiger partial charge in [-0.1, -0.05) is 6.08 Å². The largest absolute Gasteiger partial charge is 0.315 e. The predicted octanol–water partition coefficient (Wildman–Crippen LogP) is 2.90. The summed E-state index contributed by atoms with van der Waals surface area (Å²) in [4.78, 5) is 20.4. The van der Waals surface area contributed by atoms with Gasteiger partial charge in [0.15, 0.2) is 5.65 Å². The van der Waals surface area contributed by atoms with Crippen molar-refractivity contribution in [2.24, 2.45) is 0 Å². The van der Waals surface area contributed by atoms with Gasteiger partial charge in [-0.2, -0.15) is 0 Å². The minimum Gasteiger partial charge on any atom is -0.315 e. The zero-order chi connectivity index (χ0) is 21.8. The molecule has 160 valence electrons. The summed E-state index contributed by atoms with van der Waals surface area (Å²) in [5, 5.41) is 0.838. The number of amides is 1. The van der Waals surface area contributed by atoms with Gasteiger partial charge in [-0.3, -0.25) is 4.79 Å². The Morgan fingerprint density at radius 3 is 2.68 bits per heavy atom. The van der Waals surface area contributed by atoms with Gasteiger partial charge < -0.3 is 9.80 Å². The summed E-state index contributed by atoms with van der Waals surface area (Å²) < 4.78 is 28.6. The first-order valence-corrected chi connectivity index (χ1v) is 11.8. The SMILES string of the molecule is CN1CC=C(c2cn(S(=O)(=O)c3ccc4c(c3)CCC(=O)N4C)c3ncccc23)CC1. The summed E-state index contributed by atoms with van der Waals surface area (Å²) in [6.45, 7) is 1.77. The van der Waals surface area contributed by atoms with Crippen LogP contribution in [0.25, 0.3) is 16.6 Å². The van der Waals surface area contributed by atoms with E-state index in [-0.39, 0.29) is 10.8 Å². The van der Waals surface area contributed by atoms with Gasteiger partial charge in [0.1, 0.15) is 0 Å². The number of likely N-dealkylation sites (N-methyl/N-ethyl adjacent to an activating group) is 1. The summed E-state index contributed by atoms with van der Waals surface area (Å²) in [5.41, 5.74) is 4.13. The number of hydrogen-bond acceptors (Lipinski definition) is 5. The van der Waals surface area contributed by atoms with Crippen LogP contribution >= 0.6 is 0 Å². The van der Waals surface area contributed by atoms with Crippen molar-refractivity contribution in [1.82, 2.24) is 13.9 Å². The lowest BCUT2D eigenvalue weighted by molar-refractivity contribution is -0.118. The molecule has 1 aromatic carbocycles. The first kappa shape index (κ1) is 20.0. The maximum absolute atomic E-state index is 13.6. The zero-order valence-corrected chi connectivity index (χ0v) is 18.4. The molecule has 0 fully saturated rings. The van der Waals surface area contributed by atoms with Gasteiger partial charge in [0.2, 0.25) is 5.91 Å². The first-order chi connectivity index (χ1) is 14.9. The van der Waals surface area contributed by atoms with Crippen molar-refractivity contribution in [3.63, 3.8) is 0 Å². The van der Waals surface area contributed by atoms with Crippen molar-refractivity contribution in [3.05, 3.63) is 59.9 Å². The third-order valence-corrected chi connectivity index (χ3v) is 7.89. The lowest BCUT2D eigenvalue weighted by Crippen LogP contribution is -2.31. The number of rotatable bonds is 3. The molecular formula is C23H24N4O3S. The van der Waals surface area contributed by atoms with Crippen LogP contribution < -0.4 is 4.90 Å². The van der Waals surface area contributed by atoms with Crippen LogP contribution in [0.2, 0.25) is 0 Å². The lowest BCUT2D eigenvalue weighted by atomic mass is 10.00. The zero-order valence-electron chi connectivity index (χ0n) is 17.6. The van der Waals surface area contributed by atoms with Gasteiger partial charge in [-0.15, -0.1) is 0 Å². The molecular weight excluding hydrogens is 412 g/mol. The Balaban J connectivity index is 1.63. The van der Waals surface area contributed by atoms with Crippen molar-refractivity contribution in [2.75, 3.05) is 32.1 Å². The third kappa shape index (κ3) is 3.26. The van der Waals surface area contributed by atoms with Crippen LogP contribution in [-0.4, -0.2) is 55.4 Å². The lowest BCUT2D eigenvalue weighted by Gasteiger charge is -2.26. The molecule has 0 saturated heterocycles. The van der Waals surface area contributed by atoms with Crippen LogP contribution in [0.1, 0.15) is 24.0 Å². The van der Waals surface area contributed by atoms with Crippen molar-refractivity contribution in [3.8, 4) is 0 Å². The van der Waals surface area contributed by atoms with E-state index >= 15 is 0 Å². The molecule has 2 aliphatic rings. The molecule has 2 aromatic heterocycles. The molecule has 4 heterocycles. The maximum Gasteiger partial charge on any atom is 0.269 e. The Hall–Kier alpha value is -2.97. The van der Waals surface area contributed by atoms with Crippen LogP contribution in [0.5, 0.6) is 0 Å². The molecule has 0 atom stereocenters. The molecule has 2 aliphatic heterocycles. The predicted molar refractivity (Wildman–Crippen MR) is 121 cm³/mol. The molecule has 31 heavy (non-hydrogen) atoms. The summed E-state index contributed by atoms with van der Waals surface area (Å²) in [5.74, 6) is 0.0414. The third-order valence-electron chi connectivity index (χ3n) is 6.24. The molecule has 5 rings (SSSR count). The van der Waals surface area contributed by atoms with E-state index in [1.54, 1.807) is 42.5 Å². The van der Waals surface area contributed by atoms with Crippen LogP contribution in [0.4, 0.5) is 5.69 Å². The molecule has 3 aromatic rings. The minimum absolute atomic E-state index is 0.0414. The van der Waals surface area contributed by atoms with Crippen molar-refractivity contribution in [1.29, 1.82) is 0 Å². The minimum atomic E-state index is -3.85. The maximum atomic E-state index is 13.6. The molecule has 0 unspecified atom stereocenters. The van der Waals surface area contributed by atoms with E-state index in [9.17, 15) is 13.2 Å². The Labute approximate surface area is 181 Å². The van der Waals surface area contributed by atoms with E-state index in [0.717, 1.165) is 47.3 Å². The molecule has 8 heteroatoms. The van der Waals surface area contributed by atoms with E-state index < -0.39 is 10.0 Å². The van der Waals surface area contributed by atoms with Crippen molar-refractivity contribution in [2.45, 2.75) is 24.2 Å². The van der Waals surface area contributed by atoms with Gasteiger partial charge in [-0.05, 0) is 61.4 Å². The molecule has 0 spiro atoms. The van der Waals surface area contributed by atoms with Gasteiger partial charge >= 0.3 is 0 Å². The highest BCUT2D eigenvalue weighted by Gasteiger charge is 2.27. The molecule has 7 nitrogen and oxygen atoms in total. The van der Waals surface area contributed by atoms with Crippen LogP contribution in [0.3, 0.4) is 0 Å². The van der Waals surface area contributed by atoms with Crippen molar-refractivity contribution < 1.29 is 13.2 Å². The second-order valence-corrected chi connectivity index (χ2v) is 10.0. The number of nitrogens with zero attached hydrogens (tertiary/aromatic N) is 4. The Kier molecular flexibility index (Phi) is 4.71. The van der Waals surface area contributed by atoms with Gasteiger partial charge in [0.25, 0.3) is 10.0 Å². The quantitative estimate of drug-likeness (QED) is 0.631. The molecule has 0 saturated carbocycles. The summed E-state index contributed by atoms with van der Waals surface area (Å²) in [6.07, 6.45) is 7.28. The van der Waals surface area contributed by atoms with E-state index in [2.05, 4.69) is 23.0 Å². The topological polar surface area (TPSA) is 75.5 Å². The smallest absolute Gasteiger partial charge is 0.269 e. The number of carbonyl (C=O) groups excluding carboxylic acids is 1. The van der Waals surface area contributed by atoms with Gasteiger partial charge in [-0.25, -0.2) is 17.4 Å². The number of carbonyl (C=O) groups is 1. The Bertz CT molecular complexity index is 1340. The number of anilines is 1. The fraction of sp³-hybridized carbons (Fsp3) is 0.304. The number of fused-ring (bicyclic) bond motifs is 2. The van der Waals surface area contributed by atoms with Gasteiger partial charge in [0, 0.05) is 55.6 Å². The number of pyridine rings is 1. The number of hydrogen-bond donors (Lipinski definition) is 0. The summed E-state index contributed by atoms with van der Waals surface area (Å²) in [6, 6.07) is 8.75. The monoisotopic (exact) mass is 436 g/mol. The number of aryl methyl sites for hydroxylation is 1. The first-order valence-electron chi connectivity index (χ1n) is 10.4. The molecule has 0 N–H and O–H groups in total. The fourth-order valence-corrected chi connectivity index (χ4v) is 5.77. The van der Waals surface area contributed by atoms with E-state index in [1.807, 2.05) is 12.1 Å². The average Bonchev–Trinajstić information content (AvgIpc) is 3.17. The molecule has 0 aliphatic carbocycles. The molecule has 0 bridgehead atoms. The standard InChI is InChI=1S/C23H24N4O3S/c1-25-12-9-16(10-13-25)20-15-27(23-19(20)4-3-11-24-23)31(29,30)18-6-7-21-17(14-18)5-8-22(28)26(21)2/h3-4,6-7,9,11,14-15H,5,8,10,12-13H2,1-2H3. The Morgan fingerprint density at radius 1 is 1.06 bits per heavy atom. The molecule has 0 radical (unpaired) electrons. The average molecular weight is 437 g/mol. The summed E-state index contributed by atoms with van der Waals surface area (Å²) in [7, 11) is -0.0508. The van der Waals surface area contributed by atoms with E-state index in [1.165, 1.54) is 3.97 Å². The highest BCUT2D eigenvalue weighted by molar-refractivity contribution is 7.90. The van der Waals surface area contributed by atoms with Crippen LogP contribution in [0, 0.1) is 0 Å². The highest BCUT2D eigenvalue weighted by Crippen LogP contribution is 2.34. The van der Waals surface area contributed by atoms with Crippen LogP contribution in [-0.2, 0) is 21.2 Å². The van der Waals surface area contributed by atoms with Gasteiger partial charge in [0.05, 0.1) is 4.90 Å². The number of benzene rings is 1.